The topological polar surface area (TPSA) is 59.0 Å². The summed E-state index contributed by atoms with van der Waals surface area (Å²) in [7, 11) is 1.65. The highest BCUT2D eigenvalue weighted by Crippen LogP contribution is 2.46. The number of guanidine groups is 1. The first kappa shape index (κ1) is 19.5. The van der Waals surface area contributed by atoms with Gasteiger partial charge in [-0.1, -0.05) is 19.9 Å². The van der Waals surface area contributed by atoms with Crippen LogP contribution in [0.15, 0.2) is 23.3 Å². The lowest BCUT2D eigenvalue weighted by atomic mass is 9.65. The minimum Gasteiger partial charge on any atom is -0.475 e. The Labute approximate surface area is 151 Å². The van der Waals surface area contributed by atoms with Gasteiger partial charge in [-0.15, -0.1) is 0 Å². The fourth-order valence-electron chi connectivity index (χ4n) is 2.78. The van der Waals surface area contributed by atoms with Gasteiger partial charge in [0.2, 0.25) is 5.88 Å². The second-order valence-corrected chi connectivity index (χ2v) is 7.55. The zero-order valence-corrected chi connectivity index (χ0v) is 16.4. The molecule has 0 saturated carbocycles. The summed E-state index contributed by atoms with van der Waals surface area (Å²) in [6.45, 7) is 14.8. The van der Waals surface area contributed by atoms with Gasteiger partial charge in [-0.05, 0) is 26.3 Å². The number of hydrogen-bond donors (Lipinski definition) is 1. The Morgan fingerprint density at radius 3 is 2.56 bits per heavy atom. The zero-order valence-electron chi connectivity index (χ0n) is 16.4. The van der Waals surface area contributed by atoms with Crippen LogP contribution in [-0.4, -0.2) is 54.8 Å². The minimum absolute atomic E-state index is 0.0886. The molecule has 0 aliphatic carbocycles. The third-order valence-corrected chi connectivity index (χ3v) is 5.22. The van der Waals surface area contributed by atoms with Crippen LogP contribution in [0.3, 0.4) is 0 Å². The van der Waals surface area contributed by atoms with Gasteiger partial charge in [0, 0.05) is 43.4 Å². The van der Waals surface area contributed by atoms with Crippen LogP contribution in [0.1, 0.15) is 40.2 Å². The summed E-state index contributed by atoms with van der Waals surface area (Å²) in [5, 5.41) is 3.41. The summed E-state index contributed by atoms with van der Waals surface area (Å²) >= 11 is 0. The van der Waals surface area contributed by atoms with E-state index in [9.17, 15) is 0 Å². The normalized spacial score (nSPS) is 18.6. The number of hydrogen-bond acceptors (Lipinski definition) is 4. The summed E-state index contributed by atoms with van der Waals surface area (Å²) in [5.74, 6) is 1.58. The number of aliphatic imine (C=N–C) groups is 1. The van der Waals surface area contributed by atoms with E-state index < -0.39 is 0 Å². The summed E-state index contributed by atoms with van der Waals surface area (Å²) < 4.78 is 10.5. The summed E-state index contributed by atoms with van der Waals surface area (Å²) in [6, 6.07) is 3.89. The Balaban J connectivity index is 2.00. The van der Waals surface area contributed by atoms with Crippen molar-refractivity contribution in [1.82, 2.24) is 15.2 Å². The molecule has 1 saturated heterocycles. The lowest BCUT2D eigenvalue weighted by Gasteiger charge is -2.62. The molecule has 0 spiro atoms. The molecule has 0 radical (unpaired) electrons. The highest BCUT2D eigenvalue weighted by molar-refractivity contribution is 5.82. The van der Waals surface area contributed by atoms with Crippen LogP contribution in [-0.2, 0) is 11.3 Å². The van der Waals surface area contributed by atoms with Crippen LogP contribution in [0.4, 0.5) is 0 Å². The molecule has 2 heterocycles. The van der Waals surface area contributed by atoms with Crippen molar-refractivity contribution in [2.24, 2.45) is 10.4 Å². The van der Waals surface area contributed by atoms with Crippen molar-refractivity contribution in [2.45, 2.75) is 46.7 Å². The molecule has 0 amide bonds. The quantitative estimate of drug-likeness (QED) is 0.466. The molecule has 2 rings (SSSR count). The molecule has 1 N–H and O–H groups in total. The maximum atomic E-state index is 5.49. The second kappa shape index (κ2) is 8.04. The monoisotopic (exact) mass is 348 g/mol. The summed E-state index contributed by atoms with van der Waals surface area (Å²) in [6.07, 6.45) is 1.82. The lowest BCUT2D eigenvalue weighted by Crippen LogP contribution is -2.72. The minimum atomic E-state index is 0.0886. The molecule has 1 aliphatic rings. The van der Waals surface area contributed by atoms with E-state index in [4.69, 9.17) is 14.5 Å². The van der Waals surface area contributed by atoms with Crippen molar-refractivity contribution < 1.29 is 9.47 Å². The van der Waals surface area contributed by atoms with Gasteiger partial charge >= 0.3 is 0 Å². The van der Waals surface area contributed by atoms with Crippen molar-refractivity contribution in [1.29, 1.82) is 0 Å². The van der Waals surface area contributed by atoms with Crippen molar-refractivity contribution in [3.63, 3.8) is 0 Å². The van der Waals surface area contributed by atoms with E-state index in [1.165, 1.54) is 0 Å². The molecule has 1 aliphatic heterocycles. The maximum absolute atomic E-state index is 5.49. The van der Waals surface area contributed by atoms with Crippen LogP contribution in [0, 0.1) is 5.41 Å². The Bertz CT molecular complexity index is 582. The van der Waals surface area contributed by atoms with Gasteiger partial charge in [-0.2, -0.15) is 0 Å². The predicted molar refractivity (Wildman–Crippen MR) is 101 cm³/mol. The molecule has 0 aromatic carbocycles. The van der Waals surface area contributed by atoms with E-state index in [2.05, 4.69) is 49.8 Å². The van der Waals surface area contributed by atoms with Crippen molar-refractivity contribution in [3.05, 3.63) is 23.9 Å². The van der Waals surface area contributed by atoms with Gasteiger partial charge in [0.1, 0.15) is 6.61 Å². The number of rotatable bonds is 7. The number of aromatic nitrogens is 1. The molecule has 1 fully saturated rings. The Hall–Kier alpha value is -1.82. The number of likely N-dealkylation sites (tertiary alicyclic amines) is 1. The lowest BCUT2D eigenvalue weighted by molar-refractivity contribution is -0.0667. The van der Waals surface area contributed by atoms with E-state index in [0.29, 0.717) is 25.6 Å². The zero-order chi connectivity index (χ0) is 18.5. The van der Waals surface area contributed by atoms with E-state index in [-0.39, 0.29) is 11.0 Å². The first-order valence-corrected chi connectivity index (χ1v) is 8.94. The third-order valence-electron chi connectivity index (χ3n) is 5.22. The average molecular weight is 348 g/mol. The van der Waals surface area contributed by atoms with E-state index in [1.807, 2.05) is 18.3 Å². The van der Waals surface area contributed by atoms with Gasteiger partial charge in [-0.25, -0.2) is 9.98 Å². The van der Waals surface area contributed by atoms with Gasteiger partial charge < -0.3 is 19.7 Å². The Morgan fingerprint density at radius 2 is 2.04 bits per heavy atom. The Morgan fingerprint density at radius 1 is 1.28 bits per heavy atom. The molecule has 0 unspecified atom stereocenters. The number of methoxy groups -OCH3 is 1. The van der Waals surface area contributed by atoms with Crippen LogP contribution < -0.4 is 10.1 Å². The molecular weight excluding hydrogens is 316 g/mol. The summed E-state index contributed by atoms with van der Waals surface area (Å²) in [4.78, 5) is 11.5. The molecule has 140 valence electrons. The molecule has 1 aromatic rings. The van der Waals surface area contributed by atoms with Gasteiger partial charge in [0.15, 0.2) is 5.96 Å². The first-order valence-electron chi connectivity index (χ1n) is 8.94. The van der Waals surface area contributed by atoms with E-state index in [1.54, 1.807) is 7.11 Å². The van der Waals surface area contributed by atoms with Gasteiger partial charge in [-0.3, -0.25) is 0 Å². The van der Waals surface area contributed by atoms with Crippen molar-refractivity contribution >= 4 is 5.96 Å². The first-order chi connectivity index (χ1) is 11.8. The standard InChI is InChI=1S/C19H32N4O2/c1-7-20-17(23-14-18(2,3)19(23,4)5)22-13-15-8-9-16(21-12-15)25-11-10-24-6/h8-9,12H,7,10-11,13-14H2,1-6H3,(H,20,22). The van der Waals surface area contributed by atoms with Crippen LogP contribution in [0.5, 0.6) is 5.88 Å². The molecule has 6 heteroatoms. The predicted octanol–water partition coefficient (Wildman–Crippen LogP) is 2.69. The third kappa shape index (κ3) is 4.42. The molecular formula is C19H32N4O2. The fraction of sp³-hybridized carbons (Fsp3) is 0.684. The van der Waals surface area contributed by atoms with Gasteiger partial charge in [0.25, 0.3) is 0 Å². The second-order valence-electron chi connectivity index (χ2n) is 7.55. The average Bonchev–Trinajstić information content (AvgIpc) is 2.58. The van der Waals surface area contributed by atoms with Crippen LogP contribution >= 0.6 is 0 Å². The largest absolute Gasteiger partial charge is 0.475 e. The van der Waals surface area contributed by atoms with E-state index >= 15 is 0 Å². The smallest absolute Gasteiger partial charge is 0.213 e. The highest BCUT2D eigenvalue weighted by Gasteiger charge is 2.53. The fourth-order valence-corrected chi connectivity index (χ4v) is 2.78. The van der Waals surface area contributed by atoms with Gasteiger partial charge in [0.05, 0.1) is 13.2 Å². The summed E-state index contributed by atoms with van der Waals surface area (Å²) in [5.41, 5.74) is 1.43. The SMILES string of the molecule is CCNC(=NCc1ccc(OCCOC)nc1)N1CC(C)(C)C1(C)C. The highest BCUT2D eigenvalue weighted by atomic mass is 16.5. The van der Waals surface area contributed by atoms with Crippen molar-refractivity contribution in [2.75, 3.05) is 33.4 Å². The Kier molecular flexibility index (Phi) is 6.27. The maximum Gasteiger partial charge on any atom is 0.213 e. The molecule has 0 atom stereocenters. The number of ether oxygens (including phenoxy) is 2. The number of nitrogens with zero attached hydrogens (tertiary/aromatic N) is 3. The van der Waals surface area contributed by atoms with Crippen LogP contribution in [0.2, 0.25) is 0 Å². The van der Waals surface area contributed by atoms with E-state index in [0.717, 1.165) is 24.6 Å². The molecule has 25 heavy (non-hydrogen) atoms. The molecule has 0 bridgehead atoms. The molecule has 6 nitrogen and oxygen atoms in total. The van der Waals surface area contributed by atoms with Crippen molar-refractivity contribution in [3.8, 4) is 5.88 Å². The van der Waals surface area contributed by atoms with Crippen LogP contribution in [0.25, 0.3) is 0 Å². The number of pyridine rings is 1. The molecule has 1 aromatic heterocycles. The number of nitrogens with one attached hydrogen (secondary N) is 1.